The lowest BCUT2D eigenvalue weighted by Crippen LogP contribution is -2.45. The van der Waals surface area contributed by atoms with Crippen LogP contribution in [-0.4, -0.2) is 44.4 Å². The van der Waals surface area contributed by atoms with Crippen molar-refractivity contribution >= 4 is 17.9 Å². The third kappa shape index (κ3) is 2.76. The summed E-state index contributed by atoms with van der Waals surface area (Å²) in [5.41, 5.74) is 3.83. The van der Waals surface area contributed by atoms with Gasteiger partial charge in [0.05, 0.1) is 0 Å². The molecule has 2 unspecified atom stereocenters. The van der Waals surface area contributed by atoms with E-state index in [1.54, 1.807) is 0 Å². The Morgan fingerprint density at radius 2 is 1.96 bits per heavy atom. The molecule has 1 aromatic rings. The minimum absolute atomic E-state index is 0.0584. The van der Waals surface area contributed by atoms with Crippen LogP contribution in [0.15, 0.2) is 47.6 Å². The molecule has 2 fully saturated rings. The number of carbonyl (C=O) groups is 2. The van der Waals surface area contributed by atoms with Crippen LogP contribution in [0.2, 0.25) is 0 Å². The molecule has 1 aromatic carbocycles. The Bertz CT molecular complexity index is 721. The highest BCUT2D eigenvalue weighted by Crippen LogP contribution is 2.30. The first-order chi connectivity index (χ1) is 11.7. The van der Waals surface area contributed by atoms with Gasteiger partial charge in [-0.1, -0.05) is 12.2 Å². The molecule has 2 atom stereocenters. The van der Waals surface area contributed by atoms with Crippen LogP contribution in [0.25, 0.3) is 0 Å². The summed E-state index contributed by atoms with van der Waals surface area (Å²) in [5, 5.41) is 6.52. The van der Waals surface area contributed by atoms with E-state index in [-0.39, 0.29) is 5.91 Å². The molecule has 2 N–H and O–H groups in total. The second-order valence-electron chi connectivity index (χ2n) is 6.58. The van der Waals surface area contributed by atoms with Gasteiger partial charge in [-0.2, -0.15) is 0 Å². The lowest BCUT2D eigenvalue weighted by molar-refractivity contribution is -0.116. The number of nitrogens with one attached hydrogen (secondary N) is 2. The van der Waals surface area contributed by atoms with E-state index in [2.05, 4.69) is 27.7 Å². The quantitative estimate of drug-likeness (QED) is 0.805. The van der Waals surface area contributed by atoms with Gasteiger partial charge in [0, 0.05) is 49.0 Å². The maximum Gasteiger partial charge on any atom is 0.251 e. The summed E-state index contributed by atoms with van der Waals surface area (Å²) in [6.45, 7) is 3.42. The molecule has 0 bridgehead atoms. The highest BCUT2D eigenvalue weighted by Gasteiger charge is 2.32. The van der Waals surface area contributed by atoms with Crippen molar-refractivity contribution < 1.29 is 9.59 Å². The number of benzene rings is 1. The lowest BCUT2D eigenvalue weighted by Gasteiger charge is -2.35. The molecule has 24 heavy (non-hydrogen) atoms. The molecule has 1 amide bonds. The molecular weight excluding hydrogens is 302 g/mol. The molecule has 2 aliphatic heterocycles. The topological polar surface area (TPSA) is 61.4 Å². The maximum atomic E-state index is 11.9. The predicted octanol–water partition coefficient (Wildman–Crippen LogP) is 1.28. The minimum Gasteiger partial charge on any atom is -0.370 e. The number of rotatable bonds is 2. The molecule has 124 valence electrons. The standard InChI is InChI=1S/C19H21N3O2/c23-12-13-1-3-16(4-2-13)22-7-5-14-9-17-15(11-21-19(17)24)10-18(14)20-6-8-22/h1-4,9-10,12,14,18,20H,5-8,11H2,(H,21,24). The fourth-order valence-electron chi connectivity index (χ4n) is 3.78. The number of carbonyl (C=O) groups excluding carboxylic acids is 2. The van der Waals surface area contributed by atoms with Crippen molar-refractivity contribution in [1.82, 2.24) is 10.6 Å². The Kier molecular flexibility index (Phi) is 3.94. The Morgan fingerprint density at radius 3 is 2.75 bits per heavy atom. The van der Waals surface area contributed by atoms with Gasteiger partial charge in [-0.15, -0.1) is 0 Å². The second kappa shape index (κ2) is 6.24. The maximum absolute atomic E-state index is 11.9. The van der Waals surface area contributed by atoms with E-state index in [1.807, 2.05) is 24.3 Å². The van der Waals surface area contributed by atoms with Gasteiger partial charge in [0.15, 0.2) is 0 Å². The fraction of sp³-hybridized carbons (Fsp3) is 0.368. The second-order valence-corrected chi connectivity index (χ2v) is 6.58. The number of aldehydes is 1. The molecule has 0 radical (unpaired) electrons. The van der Waals surface area contributed by atoms with Crippen LogP contribution in [0.1, 0.15) is 16.8 Å². The van der Waals surface area contributed by atoms with Gasteiger partial charge in [0.25, 0.3) is 5.91 Å². The largest absolute Gasteiger partial charge is 0.370 e. The molecule has 1 aliphatic carbocycles. The van der Waals surface area contributed by atoms with E-state index in [1.165, 1.54) is 0 Å². The average molecular weight is 323 g/mol. The first-order valence-corrected chi connectivity index (χ1v) is 8.49. The number of hydrogen-bond donors (Lipinski definition) is 2. The molecule has 2 heterocycles. The van der Waals surface area contributed by atoms with Crippen molar-refractivity contribution in [2.75, 3.05) is 31.1 Å². The summed E-state index contributed by atoms with van der Waals surface area (Å²) >= 11 is 0. The molecule has 0 aromatic heterocycles. The third-order valence-electron chi connectivity index (χ3n) is 5.14. The molecule has 0 spiro atoms. The van der Waals surface area contributed by atoms with Crippen LogP contribution in [0.4, 0.5) is 5.69 Å². The van der Waals surface area contributed by atoms with E-state index < -0.39 is 0 Å². The van der Waals surface area contributed by atoms with E-state index in [4.69, 9.17) is 0 Å². The van der Waals surface area contributed by atoms with Crippen molar-refractivity contribution in [3.63, 3.8) is 0 Å². The summed E-state index contributed by atoms with van der Waals surface area (Å²) in [4.78, 5) is 25.0. The van der Waals surface area contributed by atoms with E-state index in [9.17, 15) is 9.59 Å². The number of hydrogen-bond acceptors (Lipinski definition) is 4. The van der Waals surface area contributed by atoms with Crippen LogP contribution in [-0.2, 0) is 4.79 Å². The normalized spacial score (nSPS) is 26.3. The summed E-state index contributed by atoms with van der Waals surface area (Å²) in [5.74, 6) is 0.396. The number of amides is 1. The number of nitrogens with zero attached hydrogens (tertiary/aromatic N) is 1. The highest BCUT2D eigenvalue weighted by molar-refractivity contribution is 6.01. The Labute approximate surface area is 141 Å². The summed E-state index contributed by atoms with van der Waals surface area (Å²) in [7, 11) is 0. The molecular formula is C19H21N3O2. The molecule has 0 saturated carbocycles. The predicted molar refractivity (Wildman–Crippen MR) is 93.1 cm³/mol. The lowest BCUT2D eigenvalue weighted by atomic mass is 9.85. The average Bonchev–Trinajstić information content (AvgIpc) is 2.95. The van der Waals surface area contributed by atoms with Crippen molar-refractivity contribution in [3.05, 3.63) is 53.1 Å². The van der Waals surface area contributed by atoms with Crippen LogP contribution in [0, 0.1) is 5.92 Å². The molecule has 5 heteroatoms. The van der Waals surface area contributed by atoms with Crippen LogP contribution >= 0.6 is 0 Å². The van der Waals surface area contributed by atoms with Crippen molar-refractivity contribution in [3.8, 4) is 0 Å². The molecule has 2 saturated heterocycles. The first kappa shape index (κ1) is 15.1. The minimum atomic E-state index is 0.0584. The van der Waals surface area contributed by atoms with Crippen LogP contribution in [0.5, 0.6) is 0 Å². The Hall–Kier alpha value is -2.40. The fourth-order valence-corrected chi connectivity index (χ4v) is 3.78. The van der Waals surface area contributed by atoms with Gasteiger partial charge in [-0.3, -0.25) is 9.59 Å². The SMILES string of the molecule is O=Cc1ccc(N2CCNC3C=C4CNC(=O)C4=CC3CC2)cc1. The van der Waals surface area contributed by atoms with Crippen LogP contribution < -0.4 is 15.5 Å². The molecule has 4 rings (SSSR count). The zero-order valence-electron chi connectivity index (χ0n) is 13.5. The van der Waals surface area contributed by atoms with Gasteiger partial charge < -0.3 is 15.5 Å². The van der Waals surface area contributed by atoms with E-state index >= 15 is 0 Å². The Morgan fingerprint density at radius 1 is 1.12 bits per heavy atom. The van der Waals surface area contributed by atoms with Gasteiger partial charge in [-0.25, -0.2) is 0 Å². The Balaban J connectivity index is 1.50. The van der Waals surface area contributed by atoms with Crippen molar-refractivity contribution in [1.29, 1.82) is 0 Å². The van der Waals surface area contributed by atoms with Gasteiger partial charge in [-0.05, 0) is 42.2 Å². The van der Waals surface area contributed by atoms with E-state index in [0.29, 0.717) is 24.1 Å². The van der Waals surface area contributed by atoms with Crippen LogP contribution in [0.3, 0.4) is 0 Å². The van der Waals surface area contributed by atoms with Gasteiger partial charge >= 0.3 is 0 Å². The third-order valence-corrected chi connectivity index (χ3v) is 5.14. The van der Waals surface area contributed by atoms with E-state index in [0.717, 1.165) is 49.2 Å². The molecule has 5 nitrogen and oxygen atoms in total. The van der Waals surface area contributed by atoms with Gasteiger partial charge in [0.2, 0.25) is 0 Å². The smallest absolute Gasteiger partial charge is 0.251 e. The zero-order valence-corrected chi connectivity index (χ0v) is 13.5. The summed E-state index contributed by atoms with van der Waals surface area (Å²) in [6, 6.07) is 8.04. The van der Waals surface area contributed by atoms with Crippen molar-refractivity contribution in [2.45, 2.75) is 12.5 Å². The highest BCUT2D eigenvalue weighted by atomic mass is 16.2. The number of fused-ring (bicyclic) bond motifs is 2. The first-order valence-electron chi connectivity index (χ1n) is 8.49. The summed E-state index contributed by atoms with van der Waals surface area (Å²) < 4.78 is 0. The number of anilines is 1. The van der Waals surface area contributed by atoms with Gasteiger partial charge in [0.1, 0.15) is 6.29 Å². The van der Waals surface area contributed by atoms with Crippen molar-refractivity contribution in [2.24, 2.45) is 5.92 Å². The monoisotopic (exact) mass is 323 g/mol. The molecule has 3 aliphatic rings. The zero-order chi connectivity index (χ0) is 16.5. The summed E-state index contributed by atoms with van der Waals surface area (Å²) in [6.07, 6.45) is 6.24.